The third-order valence-corrected chi connectivity index (χ3v) is 13.1. The van der Waals surface area contributed by atoms with E-state index in [9.17, 15) is 63.0 Å². The summed E-state index contributed by atoms with van der Waals surface area (Å²) in [5, 5.41) is 36.4. The number of hydrogen-bond acceptors (Lipinski definition) is 20. The first-order valence-electron chi connectivity index (χ1n) is 18.7. The predicted molar refractivity (Wildman–Crippen MR) is 218 cm³/mol. The lowest BCUT2D eigenvalue weighted by Gasteiger charge is -2.30. The summed E-state index contributed by atoms with van der Waals surface area (Å²) in [6.45, 7) is 1.76. The molecule has 1 saturated heterocycles. The van der Waals surface area contributed by atoms with E-state index in [4.69, 9.17) is 28.8 Å². The molecule has 1 aromatic carbocycles. The number of benzene rings is 1. The Kier molecular flexibility index (Phi) is 18.5. The standard InChI is InChI=1S/C33H50N7O19P3S/c1-32(2,28(45)31(46)36-10-9-23(42)35-11-12-63-24(43)13-21(41)15-54-14-20-7-5-4-6-8-20)17-56-62(52,53)59-61(50,51)55-16-22-26(58-60(47,48)49)27(44)33(3,57-22)40-19-39-25-29(34)37-18-38-30(25)40/h4-8,18-19,21-22,26-28,41,44-45H,9-17H2,1-3H3,(H,35,42)(H,36,46)(H,50,51)(H,52,53)(H2,34,37,38)(H2,47,48,49). The lowest BCUT2D eigenvalue weighted by molar-refractivity contribution is -0.137. The largest absolute Gasteiger partial charge is 0.481 e. The third kappa shape index (κ3) is 15.7. The number of ether oxygens (including phenoxy) is 2. The van der Waals surface area contributed by atoms with Gasteiger partial charge in [-0.15, -0.1) is 0 Å². The van der Waals surface area contributed by atoms with Crippen LogP contribution < -0.4 is 16.4 Å². The number of phosphoric ester groups is 3. The molecule has 3 heterocycles. The molecule has 1 aliphatic rings. The van der Waals surface area contributed by atoms with Crippen LogP contribution in [0.2, 0.25) is 0 Å². The summed E-state index contributed by atoms with van der Waals surface area (Å²) in [7, 11) is -16.5. The second-order valence-corrected chi connectivity index (χ2v) is 20.1. The number of nitrogens with two attached hydrogens (primary N) is 1. The summed E-state index contributed by atoms with van der Waals surface area (Å²) in [5.41, 5.74) is 3.18. The van der Waals surface area contributed by atoms with Gasteiger partial charge in [-0.1, -0.05) is 55.9 Å². The zero-order chi connectivity index (χ0) is 46.8. The average molecular weight is 974 g/mol. The Morgan fingerprint density at radius 2 is 1.70 bits per heavy atom. The lowest BCUT2D eigenvalue weighted by atomic mass is 9.87. The van der Waals surface area contributed by atoms with Crippen LogP contribution in [-0.2, 0) is 67.8 Å². The van der Waals surface area contributed by atoms with E-state index in [0.29, 0.717) is 0 Å². The van der Waals surface area contributed by atoms with Gasteiger partial charge in [-0.2, -0.15) is 4.31 Å². The average Bonchev–Trinajstić information content (AvgIpc) is 3.74. The van der Waals surface area contributed by atoms with E-state index < -0.39 is 90.2 Å². The maximum atomic E-state index is 12.8. The number of aliphatic hydroxyl groups excluding tert-OH is 3. The molecule has 1 aliphatic heterocycles. The Balaban J connectivity index is 1.18. The van der Waals surface area contributed by atoms with Crippen molar-refractivity contribution >= 4 is 69.1 Å². The number of carbonyl (C=O) groups excluding carboxylic acids is 3. The summed E-state index contributed by atoms with van der Waals surface area (Å²) >= 11 is 0.913. The lowest BCUT2D eigenvalue weighted by Crippen LogP contribution is -2.46. The Labute approximate surface area is 363 Å². The van der Waals surface area contributed by atoms with Crippen molar-refractivity contribution in [2.24, 2.45) is 5.41 Å². The summed E-state index contributed by atoms with van der Waals surface area (Å²) in [5.74, 6) is -1.35. The molecule has 8 atom stereocenters. The van der Waals surface area contributed by atoms with Crippen molar-refractivity contribution in [1.29, 1.82) is 0 Å². The van der Waals surface area contributed by atoms with Crippen LogP contribution in [0.25, 0.3) is 11.2 Å². The molecule has 1 fully saturated rings. The maximum Gasteiger partial charge on any atom is 0.481 e. The van der Waals surface area contributed by atoms with Gasteiger partial charge in [0.25, 0.3) is 0 Å². The monoisotopic (exact) mass is 973 g/mol. The van der Waals surface area contributed by atoms with E-state index in [1.54, 1.807) is 0 Å². The zero-order valence-electron chi connectivity index (χ0n) is 33.9. The zero-order valence-corrected chi connectivity index (χ0v) is 37.4. The van der Waals surface area contributed by atoms with Gasteiger partial charge in [-0.05, 0) is 12.5 Å². The number of aromatic nitrogens is 4. The number of rotatable bonds is 25. The topological polar surface area (TPSA) is 393 Å². The van der Waals surface area contributed by atoms with E-state index >= 15 is 0 Å². The number of nitrogens with one attached hydrogen (secondary N) is 2. The fourth-order valence-electron chi connectivity index (χ4n) is 5.81. The molecule has 0 radical (unpaired) electrons. The summed E-state index contributed by atoms with van der Waals surface area (Å²) in [4.78, 5) is 88.4. The Morgan fingerprint density at radius 3 is 2.38 bits per heavy atom. The molecule has 26 nitrogen and oxygen atoms in total. The summed E-state index contributed by atoms with van der Waals surface area (Å²) in [6, 6.07) is 9.31. The normalized spacial score (nSPS) is 22.2. The van der Waals surface area contributed by atoms with Crippen molar-refractivity contribution in [3.63, 3.8) is 0 Å². The number of carbonyl (C=O) groups is 3. The molecule has 0 spiro atoms. The van der Waals surface area contributed by atoms with Gasteiger partial charge >= 0.3 is 23.5 Å². The maximum absolute atomic E-state index is 12.8. The van der Waals surface area contributed by atoms with Crippen molar-refractivity contribution < 1.29 is 90.3 Å². The van der Waals surface area contributed by atoms with E-state index in [1.165, 1.54) is 20.8 Å². The molecule has 352 valence electrons. The second kappa shape index (κ2) is 22.3. The minimum atomic E-state index is -5.61. The molecule has 0 bridgehead atoms. The van der Waals surface area contributed by atoms with Crippen LogP contribution in [0.4, 0.5) is 5.82 Å². The van der Waals surface area contributed by atoms with Crippen LogP contribution in [0.15, 0.2) is 43.0 Å². The van der Waals surface area contributed by atoms with E-state index in [-0.39, 0.29) is 67.0 Å². The van der Waals surface area contributed by atoms with Crippen LogP contribution in [0.3, 0.4) is 0 Å². The van der Waals surface area contributed by atoms with Crippen LogP contribution in [-0.4, -0.2) is 141 Å². The van der Waals surface area contributed by atoms with Crippen molar-refractivity contribution in [2.75, 3.05) is 44.4 Å². The van der Waals surface area contributed by atoms with Gasteiger partial charge in [0, 0.05) is 37.1 Å². The molecule has 30 heteroatoms. The van der Waals surface area contributed by atoms with Gasteiger partial charge in [0.1, 0.15) is 36.3 Å². The number of nitrogen functional groups attached to an aromatic ring is 1. The third-order valence-electron chi connectivity index (χ3n) is 9.07. The van der Waals surface area contributed by atoms with Crippen molar-refractivity contribution in [3.05, 3.63) is 48.5 Å². The highest BCUT2D eigenvalue weighted by atomic mass is 32.2. The van der Waals surface area contributed by atoms with Crippen LogP contribution in [0, 0.1) is 5.41 Å². The highest BCUT2D eigenvalue weighted by Gasteiger charge is 2.57. The van der Waals surface area contributed by atoms with Gasteiger partial charge in [0.05, 0.1) is 38.9 Å². The number of imidazole rings is 1. The van der Waals surface area contributed by atoms with Gasteiger partial charge in [0.2, 0.25) is 11.8 Å². The Bertz CT molecular complexity index is 2190. The van der Waals surface area contributed by atoms with Crippen LogP contribution in [0.5, 0.6) is 0 Å². The van der Waals surface area contributed by atoms with E-state index in [1.807, 2.05) is 30.3 Å². The number of anilines is 1. The van der Waals surface area contributed by atoms with Crippen molar-refractivity contribution in [1.82, 2.24) is 30.2 Å². The molecule has 8 unspecified atom stereocenters. The number of nitrogens with zero attached hydrogens (tertiary/aromatic N) is 4. The first-order valence-corrected chi connectivity index (χ1v) is 24.2. The first kappa shape index (κ1) is 52.3. The molecule has 63 heavy (non-hydrogen) atoms. The molecule has 0 saturated carbocycles. The summed E-state index contributed by atoms with van der Waals surface area (Å²) < 4.78 is 68.2. The first-order chi connectivity index (χ1) is 29.3. The van der Waals surface area contributed by atoms with Gasteiger partial charge in [-0.25, -0.2) is 28.6 Å². The molecule has 11 N–H and O–H groups in total. The number of thioether (sulfide) groups is 1. The van der Waals surface area contributed by atoms with Crippen molar-refractivity contribution in [3.8, 4) is 0 Å². The second-order valence-electron chi connectivity index (χ2n) is 14.7. The Hall–Kier alpha value is -3.30. The van der Waals surface area contributed by atoms with Gasteiger partial charge in [0.15, 0.2) is 22.3 Å². The van der Waals surface area contributed by atoms with Gasteiger partial charge < -0.3 is 60.7 Å². The minimum Gasteiger partial charge on any atom is -0.390 e. The van der Waals surface area contributed by atoms with Crippen molar-refractivity contribution in [2.45, 2.75) is 76.5 Å². The van der Waals surface area contributed by atoms with Crippen LogP contribution in [0.1, 0.15) is 39.2 Å². The van der Waals surface area contributed by atoms with E-state index in [2.05, 4.69) is 29.9 Å². The van der Waals surface area contributed by atoms with E-state index in [0.717, 1.165) is 34.5 Å². The summed E-state index contributed by atoms with van der Waals surface area (Å²) in [6.07, 6.45) is -6.77. The number of amides is 2. The molecule has 2 amide bonds. The Morgan fingerprint density at radius 1 is 1.02 bits per heavy atom. The van der Waals surface area contributed by atoms with Gasteiger partial charge in [-0.3, -0.25) is 32.5 Å². The molecular weight excluding hydrogens is 923 g/mol. The molecular formula is C33H50N7O19P3S. The SMILES string of the molecule is CC(C)(COP(=O)(O)OP(=O)(O)OCC1OC(C)(n2cnc3c(N)ncnc32)C(O)C1OP(=O)(O)O)C(O)C(=O)NCCC(=O)NCCSC(=O)CC(O)COCc1ccccc1. The number of aliphatic hydroxyl groups is 3. The molecule has 0 aliphatic carbocycles. The predicted octanol–water partition coefficient (Wildman–Crippen LogP) is -0.193. The smallest absolute Gasteiger partial charge is 0.390 e. The highest BCUT2D eigenvalue weighted by molar-refractivity contribution is 8.13. The fraction of sp³-hybridized carbons (Fsp3) is 0.576. The number of fused-ring (bicyclic) bond motifs is 1. The fourth-order valence-corrected chi connectivity index (χ4v) is 9.37. The molecule has 2 aromatic heterocycles. The minimum absolute atomic E-state index is 0.0112. The quantitative estimate of drug-likeness (QED) is 0.0388. The number of hydrogen-bond donors (Lipinski definition) is 10. The number of phosphoric acid groups is 3. The highest BCUT2D eigenvalue weighted by Crippen LogP contribution is 2.61. The molecule has 3 aromatic rings. The molecule has 4 rings (SSSR count). The van der Waals surface area contributed by atoms with Crippen LogP contribution >= 0.6 is 35.2 Å².